The van der Waals surface area contributed by atoms with E-state index in [4.69, 9.17) is 9.84 Å². The highest BCUT2D eigenvalue weighted by Crippen LogP contribution is 2.52. The summed E-state index contributed by atoms with van der Waals surface area (Å²) in [6.07, 6.45) is -0.482. The molecule has 0 N–H and O–H groups in total. The van der Waals surface area contributed by atoms with Crippen LogP contribution in [0, 0.1) is 5.82 Å². The first kappa shape index (κ1) is 24.8. The smallest absolute Gasteiger partial charge is 0.354 e. The summed E-state index contributed by atoms with van der Waals surface area (Å²) in [6.45, 7) is 1.89. The summed E-state index contributed by atoms with van der Waals surface area (Å²) in [5.74, 6) is -1.86. The van der Waals surface area contributed by atoms with Gasteiger partial charge >= 0.3 is 5.97 Å². The van der Waals surface area contributed by atoms with Gasteiger partial charge in [-0.15, -0.1) is 0 Å². The molecular weight excluding hydrogens is 499 g/mol. The van der Waals surface area contributed by atoms with Crippen LogP contribution in [0.2, 0.25) is 0 Å². The fourth-order valence-corrected chi connectivity index (χ4v) is 6.13. The standard InChI is InChI=1S/C30H27FN4O4/c1-3-39-28(38)23-18-30(20-12-8-5-9-13-20)29-33(2)27(37)25(16-19-10-6-4-7-11-19)34(29)26(36)22-17-21(31)14-15-24(22)35(30)32-23/h4-15,17,25,29H,3,16,18H2,1-2H3/t25-,29+,30-/m0/s1. The summed E-state index contributed by atoms with van der Waals surface area (Å²) < 4.78 is 19.9. The molecule has 0 spiro atoms. The van der Waals surface area contributed by atoms with Crippen LogP contribution in [0.25, 0.3) is 0 Å². The molecule has 3 aliphatic heterocycles. The van der Waals surface area contributed by atoms with Crippen LogP contribution in [0.3, 0.4) is 0 Å². The molecule has 1 saturated heterocycles. The SMILES string of the molecule is CCOC(=O)C1=NN2c3ccc(F)cc3C(=O)N3[C@@H](N(C)C(=O)[C@@H]3Cc3ccccc3)[C@@]2(c2ccccc2)C1. The first-order valence-corrected chi connectivity index (χ1v) is 12.9. The predicted octanol–water partition coefficient (Wildman–Crippen LogP) is 3.72. The number of rotatable bonds is 5. The zero-order valence-electron chi connectivity index (χ0n) is 21.6. The Kier molecular flexibility index (Phi) is 5.94. The average molecular weight is 527 g/mol. The van der Waals surface area contributed by atoms with Crippen molar-refractivity contribution in [3.8, 4) is 0 Å². The van der Waals surface area contributed by atoms with Crippen molar-refractivity contribution in [3.05, 3.63) is 101 Å². The third-order valence-corrected chi connectivity index (χ3v) is 7.77. The Balaban J connectivity index is 1.62. The van der Waals surface area contributed by atoms with E-state index in [9.17, 15) is 18.8 Å². The number of carbonyl (C=O) groups is 3. The van der Waals surface area contributed by atoms with Gasteiger partial charge in [-0.3, -0.25) is 9.59 Å². The third-order valence-electron chi connectivity index (χ3n) is 7.77. The van der Waals surface area contributed by atoms with E-state index in [1.54, 1.807) is 28.8 Å². The van der Waals surface area contributed by atoms with Gasteiger partial charge in [-0.05, 0) is 36.2 Å². The third kappa shape index (κ3) is 3.71. The van der Waals surface area contributed by atoms with Crippen LogP contribution in [0.15, 0.2) is 84.0 Å². The van der Waals surface area contributed by atoms with Crippen molar-refractivity contribution in [2.75, 3.05) is 18.7 Å². The summed E-state index contributed by atoms with van der Waals surface area (Å²) in [5.41, 5.74) is 1.08. The first-order chi connectivity index (χ1) is 18.9. The predicted molar refractivity (Wildman–Crippen MR) is 142 cm³/mol. The number of likely N-dealkylation sites (N-methyl/N-ethyl adjacent to an activating group) is 1. The van der Waals surface area contributed by atoms with Crippen LogP contribution < -0.4 is 5.01 Å². The molecule has 0 bridgehead atoms. The quantitative estimate of drug-likeness (QED) is 0.474. The molecule has 3 atom stereocenters. The first-order valence-electron chi connectivity index (χ1n) is 12.9. The van der Waals surface area contributed by atoms with Crippen molar-refractivity contribution < 1.29 is 23.5 Å². The molecule has 1 fully saturated rings. The lowest BCUT2D eigenvalue weighted by Crippen LogP contribution is -2.60. The maximum absolute atomic E-state index is 14.6. The molecular formula is C30H27FN4O4. The van der Waals surface area contributed by atoms with Gasteiger partial charge in [-0.1, -0.05) is 60.7 Å². The molecule has 8 nitrogen and oxygen atoms in total. The number of nitrogens with zero attached hydrogens (tertiary/aromatic N) is 4. The Hall–Kier alpha value is -4.53. The number of anilines is 1. The van der Waals surface area contributed by atoms with Gasteiger partial charge in [0, 0.05) is 19.9 Å². The van der Waals surface area contributed by atoms with E-state index in [0.29, 0.717) is 5.69 Å². The lowest BCUT2D eigenvalue weighted by atomic mass is 9.81. The zero-order chi connectivity index (χ0) is 27.3. The average Bonchev–Trinajstić information content (AvgIpc) is 3.44. The number of amides is 2. The van der Waals surface area contributed by atoms with Gasteiger partial charge in [0.05, 0.1) is 17.9 Å². The molecule has 0 radical (unpaired) electrons. The zero-order valence-corrected chi connectivity index (χ0v) is 21.6. The molecule has 3 aromatic rings. The summed E-state index contributed by atoms with van der Waals surface area (Å²) in [7, 11) is 1.67. The van der Waals surface area contributed by atoms with E-state index in [1.807, 2.05) is 60.7 Å². The Labute approximate surface area is 225 Å². The topological polar surface area (TPSA) is 82.5 Å². The Morgan fingerprint density at radius 2 is 1.74 bits per heavy atom. The van der Waals surface area contributed by atoms with Gasteiger partial charge in [0.2, 0.25) is 5.91 Å². The van der Waals surface area contributed by atoms with Gasteiger partial charge in [0.1, 0.15) is 29.3 Å². The van der Waals surface area contributed by atoms with Crippen LogP contribution in [0.5, 0.6) is 0 Å². The van der Waals surface area contributed by atoms with Crippen LogP contribution in [-0.4, -0.2) is 59.2 Å². The Bertz CT molecular complexity index is 1500. The molecule has 198 valence electrons. The largest absolute Gasteiger partial charge is 0.461 e. The minimum absolute atomic E-state index is 0.0767. The van der Waals surface area contributed by atoms with E-state index in [-0.39, 0.29) is 36.6 Å². The molecule has 3 aliphatic rings. The number of esters is 1. The Morgan fingerprint density at radius 1 is 1.05 bits per heavy atom. The summed E-state index contributed by atoms with van der Waals surface area (Å²) in [6, 6.07) is 22.0. The van der Waals surface area contributed by atoms with Crippen molar-refractivity contribution >= 4 is 29.2 Å². The van der Waals surface area contributed by atoms with E-state index < -0.39 is 35.4 Å². The molecule has 0 saturated carbocycles. The maximum Gasteiger partial charge on any atom is 0.354 e. The lowest BCUT2D eigenvalue weighted by molar-refractivity contribution is -0.135. The molecule has 9 heteroatoms. The van der Waals surface area contributed by atoms with Gasteiger partial charge in [-0.25, -0.2) is 14.2 Å². The van der Waals surface area contributed by atoms with Gasteiger partial charge in [-0.2, -0.15) is 5.10 Å². The van der Waals surface area contributed by atoms with Crippen LogP contribution in [-0.2, 0) is 26.3 Å². The number of ether oxygens (including phenoxy) is 1. The molecule has 2 amide bonds. The van der Waals surface area contributed by atoms with Crippen LogP contribution in [0.1, 0.15) is 34.8 Å². The lowest BCUT2D eigenvalue weighted by Gasteiger charge is -2.45. The minimum atomic E-state index is -1.17. The number of hydrazone groups is 1. The van der Waals surface area contributed by atoms with Gasteiger partial charge in [0.15, 0.2) is 0 Å². The van der Waals surface area contributed by atoms with Crippen molar-refractivity contribution in [2.45, 2.75) is 37.5 Å². The van der Waals surface area contributed by atoms with E-state index in [0.717, 1.165) is 11.1 Å². The normalized spacial score (nSPS) is 23.7. The van der Waals surface area contributed by atoms with E-state index in [1.165, 1.54) is 18.2 Å². The van der Waals surface area contributed by atoms with Gasteiger partial charge in [0.25, 0.3) is 5.91 Å². The number of fused-ring (bicyclic) bond motifs is 5. The highest BCUT2D eigenvalue weighted by molar-refractivity contribution is 6.37. The fraction of sp³-hybridized carbons (Fsp3) is 0.267. The second-order valence-corrected chi connectivity index (χ2v) is 9.95. The number of benzene rings is 3. The van der Waals surface area contributed by atoms with Crippen molar-refractivity contribution in [2.24, 2.45) is 5.10 Å². The number of hydrogen-bond acceptors (Lipinski definition) is 6. The second-order valence-electron chi connectivity index (χ2n) is 9.95. The molecule has 6 rings (SSSR count). The summed E-state index contributed by atoms with van der Waals surface area (Å²) in [4.78, 5) is 44.3. The fourth-order valence-electron chi connectivity index (χ4n) is 6.13. The molecule has 3 heterocycles. The molecule has 0 aromatic heterocycles. The maximum atomic E-state index is 14.6. The molecule has 39 heavy (non-hydrogen) atoms. The minimum Gasteiger partial charge on any atom is -0.461 e. The van der Waals surface area contributed by atoms with Crippen molar-refractivity contribution in [1.82, 2.24) is 9.80 Å². The van der Waals surface area contributed by atoms with Crippen LogP contribution >= 0.6 is 0 Å². The molecule has 0 aliphatic carbocycles. The highest BCUT2D eigenvalue weighted by atomic mass is 19.1. The van der Waals surface area contributed by atoms with Crippen molar-refractivity contribution in [1.29, 1.82) is 0 Å². The molecule has 3 aromatic carbocycles. The molecule has 0 unspecified atom stereocenters. The van der Waals surface area contributed by atoms with Gasteiger partial charge < -0.3 is 14.5 Å². The van der Waals surface area contributed by atoms with Crippen molar-refractivity contribution in [3.63, 3.8) is 0 Å². The summed E-state index contributed by atoms with van der Waals surface area (Å²) >= 11 is 0. The highest BCUT2D eigenvalue weighted by Gasteiger charge is 2.64. The summed E-state index contributed by atoms with van der Waals surface area (Å²) in [5, 5.41) is 6.33. The number of halogens is 1. The Morgan fingerprint density at radius 3 is 2.44 bits per heavy atom. The number of carbonyl (C=O) groups excluding carboxylic acids is 3. The second kappa shape index (κ2) is 9.34. The van der Waals surface area contributed by atoms with Crippen LogP contribution in [0.4, 0.5) is 10.1 Å². The monoisotopic (exact) mass is 526 g/mol. The van der Waals surface area contributed by atoms with E-state index in [2.05, 4.69) is 0 Å². The van der Waals surface area contributed by atoms with E-state index >= 15 is 0 Å². The number of hydrogen-bond donors (Lipinski definition) is 0.